The highest BCUT2D eigenvalue weighted by molar-refractivity contribution is 9.10. The number of rotatable bonds is 3. The lowest BCUT2D eigenvalue weighted by Crippen LogP contribution is -2.04. The predicted molar refractivity (Wildman–Crippen MR) is 92.7 cm³/mol. The van der Waals surface area contributed by atoms with Crippen molar-refractivity contribution in [2.45, 2.75) is 0 Å². The van der Waals surface area contributed by atoms with Crippen molar-refractivity contribution in [3.05, 3.63) is 67.6 Å². The first-order chi connectivity index (χ1) is 10.9. The van der Waals surface area contributed by atoms with Gasteiger partial charge in [-0.1, -0.05) is 39.1 Å². The molecular formula is C16H11BrCl2O4. The highest BCUT2D eigenvalue weighted by Gasteiger charge is 2.11. The minimum Gasteiger partial charge on any atom is -0.465 e. The van der Waals surface area contributed by atoms with Gasteiger partial charge in [0.25, 0.3) is 0 Å². The van der Waals surface area contributed by atoms with Gasteiger partial charge >= 0.3 is 5.97 Å². The van der Waals surface area contributed by atoms with Crippen molar-refractivity contribution < 1.29 is 19.1 Å². The maximum atomic E-state index is 11.1. The molecule has 0 N–H and O–H groups in total. The molecule has 0 atom stereocenters. The average Bonchev–Trinajstić information content (AvgIpc) is 2.54. The monoisotopic (exact) mass is 416 g/mol. The third kappa shape index (κ3) is 5.78. The molecule has 2 aromatic rings. The number of carbonyl (C=O) groups excluding carboxylic acids is 3. The standard InChI is InChI=1S/C9H7ClO3.C7H4BrClO/c1-13-9(12)8-4-7(10)3-2-6(8)5-11;8-7-3-6(9)2-1-5(7)4-10/h2-5H,1H3;1-4H. The molecule has 2 rings (SSSR count). The largest absolute Gasteiger partial charge is 0.465 e. The van der Waals surface area contributed by atoms with Crippen LogP contribution in [0.1, 0.15) is 31.1 Å². The quantitative estimate of drug-likeness (QED) is 0.528. The molecule has 0 aliphatic carbocycles. The molecule has 0 fully saturated rings. The van der Waals surface area contributed by atoms with Crippen LogP contribution in [0.25, 0.3) is 0 Å². The second kappa shape index (κ2) is 9.45. The van der Waals surface area contributed by atoms with Crippen LogP contribution >= 0.6 is 39.1 Å². The van der Waals surface area contributed by atoms with E-state index >= 15 is 0 Å². The topological polar surface area (TPSA) is 60.4 Å². The summed E-state index contributed by atoms with van der Waals surface area (Å²) in [5.74, 6) is -0.565. The van der Waals surface area contributed by atoms with Crippen molar-refractivity contribution in [1.82, 2.24) is 0 Å². The van der Waals surface area contributed by atoms with Crippen LogP contribution in [0, 0.1) is 0 Å². The third-order valence-corrected chi connectivity index (χ3v) is 3.79. The fraction of sp³-hybridized carbons (Fsp3) is 0.0625. The molecule has 0 radical (unpaired) electrons. The van der Waals surface area contributed by atoms with E-state index in [2.05, 4.69) is 20.7 Å². The van der Waals surface area contributed by atoms with Crippen LogP contribution in [-0.4, -0.2) is 25.7 Å². The molecule has 2 aromatic carbocycles. The molecule has 0 amide bonds. The van der Waals surface area contributed by atoms with Crippen LogP contribution in [0.15, 0.2) is 40.9 Å². The lowest BCUT2D eigenvalue weighted by molar-refractivity contribution is 0.0598. The Bertz CT molecular complexity index is 732. The first kappa shape index (κ1) is 19.4. The van der Waals surface area contributed by atoms with E-state index in [-0.39, 0.29) is 11.1 Å². The van der Waals surface area contributed by atoms with Gasteiger partial charge in [-0.3, -0.25) is 9.59 Å². The fourth-order valence-electron chi connectivity index (χ4n) is 1.52. The molecule has 120 valence electrons. The molecule has 0 heterocycles. The Morgan fingerprint density at radius 3 is 2.00 bits per heavy atom. The number of hydrogen-bond donors (Lipinski definition) is 0. The molecule has 0 saturated carbocycles. The van der Waals surface area contributed by atoms with E-state index in [1.54, 1.807) is 18.2 Å². The summed E-state index contributed by atoms with van der Waals surface area (Å²) in [5.41, 5.74) is 1.07. The van der Waals surface area contributed by atoms with Crippen LogP contribution in [0.5, 0.6) is 0 Å². The van der Waals surface area contributed by atoms with Gasteiger partial charge in [-0.05, 0) is 36.4 Å². The second-order valence-corrected chi connectivity index (χ2v) is 5.85. The summed E-state index contributed by atoms with van der Waals surface area (Å²) in [6.45, 7) is 0. The van der Waals surface area contributed by atoms with E-state index < -0.39 is 5.97 Å². The number of aldehydes is 2. The van der Waals surface area contributed by atoms with Gasteiger partial charge in [0.1, 0.15) is 0 Å². The van der Waals surface area contributed by atoms with E-state index in [9.17, 15) is 14.4 Å². The van der Waals surface area contributed by atoms with Gasteiger partial charge in [-0.15, -0.1) is 0 Å². The SMILES string of the molecule is COC(=O)c1cc(Cl)ccc1C=O.O=Cc1ccc(Cl)cc1Br. The summed E-state index contributed by atoms with van der Waals surface area (Å²) in [7, 11) is 1.25. The van der Waals surface area contributed by atoms with Crippen molar-refractivity contribution in [2.24, 2.45) is 0 Å². The Labute approximate surface area is 151 Å². The van der Waals surface area contributed by atoms with Gasteiger partial charge in [0.2, 0.25) is 0 Å². The number of hydrogen-bond acceptors (Lipinski definition) is 4. The molecule has 23 heavy (non-hydrogen) atoms. The van der Waals surface area contributed by atoms with Crippen molar-refractivity contribution >= 4 is 57.7 Å². The van der Waals surface area contributed by atoms with Crippen LogP contribution in [-0.2, 0) is 4.74 Å². The molecule has 0 unspecified atom stereocenters. The van der Waals surface area contributed by atoms with E-state index in [0.717, 1.165) is 10.8 Å². The molecule has 4 nitrogen and oxygen atoms in total. The van der Waals surface area contributed by atoms with Gasteiger partial charge in [-0.2, -0.15) is 0 Å². The molecule has 0 saturated heterocycles. The molecule has 0 aromatic heterocycles. The first-order valence-corrected chi connectivity index (χ1v) is 7.71. The van der Waals surface area contributed by atoms with E-state index in [1.165, 1.54) is 25.3 Å². The Hall–Kier alpha value is -1.69. The smallest absolute Gasteiger partial charge is 0.338 e. The Morgan fingerprint density at radius 2 is 1.52 bits per heavy atom. The summed E-state index contributed by atoms with van der Waals surface area (Å²) in [6.07, 6.45) is 1.36. The maximum absolute atomic E-state index is 11.1. The summed E-state index contributed by atoms with van der Waals surface area (Å²) >= 11 is 14.5. The molecule has 0 spiro atoms. The zero-order chi connectivity index (χ0) is 17.4. The average molecular weight is 418 g/mol. The number of halogens is 3. The zero-order valence-electron chi connectivity index (χ0n) is 11.9. The number of ether oxygens (including phenoxy) is 1. The lowest BCUT2D eigenvalue weighted by Gasteiger charge is -2.02. The summed E-state index contributed by atoms with van der Waals surface area (Å²) in [6, 6.07) is 9.44. The van der Waals surface area contributed by atoms with Gasteiger partial charge in [0.15, 0.2) is 12.6 Å². The van der Waals surface area contributed by atoms with Crippen molar-refractivity contribution in [1.29, 1.82) is 0 Å². The van der Waals surface area contributed by atoms with Crippen LogP contribution < -0.4 is 0 Å². The predicted octanol–water partition coefficient (Wildman–Crippen LogP) is 4.85. The molecule has 7 heteroatoms. The Kier molecular flexibility index (Phi) is 7.95. The van der Waals surface area contributed by atoms with E-state index in [4.69, 9.17) is 23.2 Å². The maximum Gasteiger partial charge on any atom is 0.338 e. The highest BCUT2D eigenvalue weighted by atomic mass is 79.9. The Balaban J connectivity index is 0.000000238. The Morgan fingerprint density at radius 1 is 1.00 bits per heavy atom. The van der Waals surface area contributed by atoms with Gasteiger partial charge < -0.3 is 4.74 Å². The van der Waals surface area contributed by atoms with Crippen LogP contribution in [0.3, 0.4) is 0 Å². The normalized spacial score (nSPS) is 9.39. The van der Waals surface area contributed by atoms with E-state index in [0.29, 0.717) is 21.9 Å². The van der Waals surface area contributed by atoms with Crippen molar-refractivity contribution in [3.8, 4) is 0 Å². The molecule has 0 aliphatic rings. The summed E-state index contributed by atoms with van der Waals surface area (Å²) < 4.78 is 5.21. The molecule has 0 aliphatic heterocycles. The molecular weight excluding hydrogens is 407 g/mol. The summed E-state index contributed by atoms with van der Waals surface area (Å²) in [4.78, 5) is 31.9. The third-order valence-electron chi connectivity index (χ3n) is 2.64. The zero-order valence-corrected chi connectivity index (χ0v) is 15.0. The first-order valence-electron chi connectivity index (χ1n) is 6.16. The number of esters is 1. The van der Waals surface area contributed by atoms with Crippen molar-refractivity contribution in [2.75, 3.05) is 7.11 Å². The van der Waals surface area contributed by atoms with Crippen LogP contribution in [0.4, 0.5) is 0 Å². The highest BCUT2D eigenvalue weighted by Crippen LogP contribution is 2.19. The van der Waals surface area contributed by atoms with Gasteiger partial charge in [0.05, 0.1) is 12.7 Å². The van der Waals surface area contributed by atoms with E-state index in [1.807, 2.05) is 0 Å². The molecule has 0 bridgehead atoms. The second-order valence-electron chi connectivity index (χ2n) is 4.12. The van der Waals surface area contributed by atoms with Crippen LogP contribution in [0.2, 0.25) is 10.0 Å². The number of benzene rings is 2. The van der Waals surface area contributed by atoms with Gasteiger partial charge in [0, 0.05) is 25.6 Å². The minimum absolute atomic E-state index is 0.185. The number of carbonyl (C=O) groups is 3. The summed E-state index contributed by atoms with van der Waals surface area (Å²) in [5, 5.41) is 1.02. The number of methoxy groups -OCH3 is 1. The fourth-order valence-corrected chi connectivity index (χ4v) is 2.46. The lowest BCUT2D eigenvalue weighted by atomic mass is 10.1. The van der Waals surface area contributed by atoms with Gasteiger partial charge in [-0.25, -0.2) is 4.79 Å². The van der Waals surface area contributed by atoms with Crippen molar-refractivity contribution in [3.63, 3.8) is 0 Å². The minimum atomic E-state index is -0.565.